The molecule has 0 N–H and O–H groups in total. The lowest BCUT2D eigenvalue weighted by atomic mass is 9.78. The molecule has 1 saturated carbocycles. The molecule has 1 aliphatic rings. The van der Waals surface area contributed by atoms with Crippen LogP contribution in [-0.4, -0.2) is 0 Å². The summed E-state index contributed by atoms with van der Waals surface area (Å²) in [6.45, 7) is 4.62. The molecule has 0 saturated heterocycles. The number of rotatable bonds is 6. The molecular weight excluding hydrogens is 180 g/mol. The zero-order valence-electron chi connectivity index (χ0n) is 10.2. The first kappa shape index (κ1) is 15.0. The molecule has 0 aromatic carbocycles. The molecule has 0 aromatic rings. The highest BCUT2D eigenvalue weighted by Gasteiger charge is 2.19. The van der Waals surface area contributed by atoms with Crippen molar-refractivity contribution in [3.8, 4) is 0 Å². The van der Waals surface area contributed by atoms with Crippen LogP contribution in [0.3, 0.4) is 0 Å². The minimum Gasteiger partial charge on any atom is -0.0776 e. The van der Waals surface area contributed by atoms with Crippen LogP contribution in [0, 0.1) is 11.8 Å². The van der Waals surface area contributed by atoms with Crippen molar-refractivity contribution < 1.29 is 0 Å². The van der Waals surface area contributed by atoms with Crippen LogP contribution in [0.2, 0.25) is 0 Å². The van der Waals surface area contributed by atoms with Gasteiger partial charge in [0, 0.05) is 0 Å². The van der Waals surface area contributed by atoms with Crippen LogP contribution in [0.4, 0.5) is 0 Å². The molecule has 0 heterocycles. The highest BCUT2D eigenvalue weighted by Crippen LogP contribution is 2.34. The van der Waals surface area contributed by atoms with Gasteiger partial charge in [0.25, 0.3) is 0 Å². The van der Waals surface area contributed by atoms with Gasteiger partial charge in [0.2, 0.25) is 0 Å². The largest absolute Gasteiger partial charge is 0.0776 e. The van der Waals surface area contributed by atoms with E-state index in [1.807, 2.05) is 0 Å². The van der Waals surface area contributed by atoms with Crippen molar-refractivity contribution in [1.82, 2.24) is 0 Å². The highest BCUT2D eigenvalue weighted by atomic mass is 14.3. The Morgan fingerprint density at radius 3 is 1.33 bits per heavy atom. The second-order valence-corrected chi connectivity index (χ2v) is 5.17. The average molecular weight is 212 g/mol. The molecule has 0 spiro atoms. The summed E-state index contributed by atoms with van der Waals surface area (Å²) in [5.74, 6) is 2.18. The lowest BCUT2D eigenvalue weighted by molar-refractivity contribution is 0.246. The first-order valence-corrected chi connectivity index (χ1v) is 6.86. The molecule has 0 atom stereocenters. The van der Waals surface area contributed by atoms with Crippen molar-refractivity contribution in [2.45, 2.75) is 85.5 Å². The van der Waals surface area contributed by atoms with Gasteiger partial charge in [-0.2, -0.15) is 0 Å². The van der Waals surface area contributed by atoms with Gasteiger partial charge >= 0.3 is 0 Å². The molecule has 15 heavy (non-hydrogen) atoms. The van der Waals surface area contributed by atoms with E-state index < -0.39 is 0 Å². The lowest BCUT2D eigenvalue weighted by Crippen LogP contribution is -2.14. The van der Waals surface area contributed by atoms with E-state index in [1.54, 1.807) is 0 Å². The normalized spacial score (nSPS) is 26.0. The van der Waals surface area contributed by atoms with E-state index in [2.05, 4.69) is 13.8 Å². The van der Waals surface area contributed by atoms with Crippen molar-refractivity contribution in [3.05, 3.63) is 0 Å². The van der Waals surface area contributed by atoms with Crippen molar-refractivity contribution in [1.29, 1.82) is 0 Å². The summed E-state index contributed by atoms with van der Waals surface area (Å²) >= 11 is 0. The third-order valence-corrected chi connectivity index (χ3v) is 3.90. The molecule has 0 nitrogen and oxygen atoms in total. The van der Waals surface area contributed by atoms with Crippen molar-refractivity contribution in [2.75, 3.05) is 0 Å². The Hall–Kier alpha value is 0. The van der Waals surface area contributed by atoms with Crippen LogP contribution in [0.25, 0.3) is 0 Å². The van der Waals surface area contributed by atoms with Crippen LogP contribution < -0.4 is 0 Å². The van der Waals surface area contributed by atoms with Crippen molar-refractivity contribution >= 4 is 0 Å². The van der Waals surface area contributed by atoms with E-state index in [-0.39, 0.29) is 7.43 Å². The molecule has 0 aliphatic heterocycles. The molecule has 0 bridgehead atoms. The minimum absolute atomic E-state index is 0. The zero-order chi connectivity index (χ0) is 10.2. The Morgan fingerprint density at radius 1 is 0.733 bits per heavy atom. The number of hydrogen-bond acceptors (Lipinski definition) is 0. The first-order chi connectivity index (χ1) is 6.86. The van der Waals surface area contributed by atoms with Crippen molar-refractivity contribution in [3.63, 3.8) is 0 Å². The van der Waals surface area contributed by atoms with Gasteiger partial charge in [-0.25, -0.2) is 0 Å². The summed E-state index contributed by atoms with van der Waals surface area (Å²) in [4.78, 5) is 0. The fraction of sp³-hybridized carbons (Fsp3) is 1.00. The van der Waals surface area contributed by atoms with E-state index in [1.165, 1.54) is 64.2 Å². The Kier molecular flexibility index (Phi) is 9.24. The quantitative estimate of drug-likeness (QED) is 0.521. The topological polar surface area (TPSA) is 0 Å². The van der Waals surface area contributed by atoms with E-state index in [0.717, 1.165) is 11.8 Å². The van der Waals surface area contributed by atoms with Gasteiger partial charge in [-0.05, 0) is 11.8 Å². The Balaban J connectivity index is 0.00000196. The maximum Gasteiger partial charge on any atom is -0.0414 e. The third kappa shape index (κ3) is 6.22. The first-order valence-electron chi connectivity index (χ1n) is 6.86. The van der Waals surface area contributed by atoms with E-state index in [0.29, 0.717) is 0 Å². The van der Waals surface area contributed by atoms with Crippen LogP contribution >= 0.6 is 0 Å². The SMILES string of the molecule is C.CCCCC1CCC(CCCC)CC1. The molecule has 0 unspecified atom stereocenters. The number of unbranched alkanes of at least 4 members (excludes halogenated alkanes) is 2. The summed E-state index contributed by atoms with van der Waals surface area (Å²) < 4.78 is 0. The number of hydrogen-bond donors (Lipinski definition) is 0. The van der Waals surface area contributed by atoms with E-state index in [4.69, 9.17) is 0 Å². The molecule has 0 heteroatoms. The van der Waals surface area contributed by atoms with Gasteiger partial charge in [-0.3, -0.25) is 0 Å². The van der Waals surface area contributed by atoms with Gasteiger partial charge in [0.05, 0.1) is 0 Å². The molecular formula is C15H32. The fourth-order valence-electron chi connectivity index (χ4n) is 2.79. The van der Waals surface area contributed by atoms with Gasteiger partial charge in [0.15, 0.2) is 0 Å². The predicted octanol–water partition coefficient (Wildman–Crippen LogP) is 5.81. The minimum atomic E-state index is 0. The van der Waals surface area contributed by atoms with Crippen molar-refractivity contribution in [2.24, 2.45) is 11.8 Å². The van der Waals surface area contributed by atoms with Gasteiger partial charge in [-0.15, -0.1) is 0 Å². The zero-order valence-corrected chi connectivity index (χ0v) is 10.2. The van der Waals surface area contributed by atoms with Crippen LogP contribution in [0.1, 0.15) is 85.5 Å². The van der Waals surface area contributed by atoms with Gasteiger partial charge < -0.3 is 0 Å². The molecule has 1 fully saturated rings. The van der Waals surface area contributed by atoms with Gasteiger partial charge in [-0.1, -0.05) is 85.5 Å². The van der Waals surface area contributed by atoms with Gasteiger partial charge in [0.1, 0.15) is 0 Å². The Morgan fingerprint density at radius 2 is 1.07 bits per heavy atom. The standard InChI is InChI=1S/C14H28.CH4/c1-3-5-7-13-9-11-14(12-10-13)8-6-4-2;/h13-14H,3-12H2,1-2H3;1H4. The summed E-state index contributed by atoms with van der Waals surface area (Å²) in [5, 5.41) is 0. The fourth-order valence-corrected chi connectivity index (χ4v) is 2.79. The van der Waals surface area contributed by atoms with E-state index in [9.17, 15) is 0 Å². The average Bonchev–Trinajstić information content (AvgIpc) is 2.25. The summed E-state index contributed by atoms with van der Waals surface area (Å²) in [5.41, 5.74) is 0. The third-order valence-electron chi connectivity index (χ3n) is 3.90. The molecule has 0 radical (unpaired) electrons. The van der Waals surface area contributed by atoms with Crippen LogP contribution in [0.15, 0.2) is 0 Å². The van der Waals surface area contributed by atoms with Crippen LogP contribution in [-0.2, 0) is 0 Å². The second kappa shape index (κ2) is 9.24. The molecule has 0 amide bonds. The summed E-state index contributed by atoms with van der Waals surface area (Å²) in [6, 6.07) is 0. The lowest BCUT2D eigenvalue weighted by Gasteiger charge is -2.28. The monoisotopic (exact) mass is 212 g/mol. The maximum atomic E-state index is 2.31. The molecule has 1 aliphatic carbocycles. The molecule has 1 rings (SSSR count). The maximum absolute atomic E-state index is 2.31. The van der Waals surface area contributed by atoms with Crippen LogP contribution in [0.5, 0.6) is 0 Å². The second-order valence-electron chi connectivity index (χ2n) is 5.17. The summed E-state index contributed by atoms with van der Waals surface area (Å²) in [6.07, 6.45) is 14.9. The highest BCUT2D eigenvalue weighted by molar-refractivity contribution is 4.72. The molecule has 0 aromatic heterocycles. The summed E-state index contributed by atoms with van der Waals surface area (Å²) in [7, 11) is 0. The Bertz CT molecular complexity index is 104. The molecule has 92 valence electrons. The van der Waals surface area contributed by atoms with E-state index >= 15 is 0 Å². The Labute approximate surface area is 97.8 Å². The smallest absolute Gasteiger partial charge is 0.0414 e. The predicted molar refractivity (Wildman–Crippen MR) is 71.2 cm³/mol.